The quantitative estimate of drug-likeness (QED) is 0.840. The summed E-state index contributed by atoms with van der Waals surface area (Å²) in [6, 6.07) is 3.01. The van der Waals surface area contributed by atoms with Crippen LogP contribution in [0.3, 0.4) is 0 Å². The summed E-state index contributed by atoms with van der Waals surface area (Å²) in [5.41, 5.74) is 6.95. The molecule has 0 amide bonds. The molecule has 0 unspecified atom stereocenters. The van der Waals surface area contributed by atoms with Crippen LogP contribution in [0.25, 0.3) is 0 Å². The number of rotatable bonds is 1. The van der Waals surface area contributed by atoms with Crippen molar-refractivity contribution in [3.63, 3.8) is 0 Å². The summed E-state index contributed by atoms with van der Waals surface area (Å²) in [7, 11) is 0. The summed E-state index contributed by atoms with van der Waals surface area (Å²) in [5.74, 6) is 0. The van der Waals surface area contributed by atoms with Gasteiger partial charge in [-0.1, -0.05) is 0 Å². The van der Waals surface area contributed by atoms with Gasteiger partial charge in [-0.3, -0.25) is 4.68 Å². The zero-order valence-corrected chi connectivity index (χ0v) is 10.00. The first-order valence-corrected chi connectivity index (χ1v) is 5.93. The van der Waals surface area contributed by atoms with Crippen LogP contribution in [0.5, 0.6) is 0 Å². The van der Waals surface area contributed by atoms with E-state index in [1.165, 1.54) is 0 Å². The van der Waals surface area contributed by atoms with Gasteiger partial charge in [-0.15, -0.1) is 0 Å². The number of hydrogen-bond acceptors (Lipinski definition) is 2. The molecule has 0 aliphatic heterocycles. The van der Waals surface area contributed by atoms with Crippen molar-refractivity contribution in [1.82, 2.24) is 9.78 Å². The highest BCUT2D eigenvalue weighted by atomic mass is 79.9. The molecule has 2 rings (SSSR count). The van der Waals surface area contributed by atoms with Crippen LogP contribution in [0.15, 0.2) is 10.7 Å². The fourth-order valence-corrected chi connectivity index (χ4v) is 2.79. The third kappa shape index (κ3) is 2.01. The van der Waals surface area contributed by atoms with Crippen molar-refractivity contribution in [3.8, 4) is 0 Å². The Morgan fingerprint density at radius 1 is 1.43 bits per heavy atom. The second kappa shape index (κ2) is 4.03. The minimum Gasteiger partial charge on any atom is -0.328 e. The maximum atomic E-state index is 5.88. The van der Waals surface area contributed by atoms with E-state index in [1.807, 2.05) is 6.92 Å². The standard InChI is InChI=1S/C10H16BrN3/c1-7-6-10(11)14(13-7)9-4-2-8(12)3-5-9/h6,8-9H,2-5,12H2,1H3. The Morgan fingerprint density at radius 2 is 2.07 bits per heavy atom. The zero-order valence-electron chi connectivity index (χ0n) is 8.41. The van der Waals surface area contributed by atoms with Gasteiger partial charge in [0.1, 0.15) is 4.60 Å². The van der Waals surface area contributed by atoms with Crippen LogP contribution in [-0.4, -0.2) is 15.8 Å². The van der Waals surface area contributed by atoms with Crippen LogP contribution in [0, 0.1) is 6.92 Å². The van der Waals surface area contributed by atoms with E-state index < -0.39 is 0 Å². The highest BCUT2D eigenvalue weighted by Gasteiger charge is 2.21. The number of nitrogens with two attached hydrogens (primary N) is 1. The predicted molar refractivity (Wildman–Crippen MR) is 60.1 cm³/mol. The van der Waals surface area contributed by atoms with Crippen LogP contribution >= 0.6 is 15.9 Å². The molecule has 0 bridgehead atoms. The average Bonchev–Trinajstić information content (AvgIpc) is 2.47. The highest BCUT2D eigenvalue weighted by molar-refractivity contribution is 9.10. The van der Waals surface area contributed by atoms with Crippen molar-refractivity contribution in [2.24, 2.45) is 5.73 Å². The maximum Gasteiger partial charge on any atom is 0.104 e. The van der Waals surface area contributed by atoms with E-state index in [0.717, 1.165) is 36.0 Å². The lowest BCUT2D eigenvalue weighted by Gasteiger charge is -2.26. The van der Waals surface area contributed by atoms with Gasteiger partial charge in [0.2, 0.25) is 0 Å². The average molecular weight is 258 g/mol. The van der Waals surface area contributed by atoms with Crippen molar-refractivity contribution in [2.45, 2.75) is 44.7 Å². The largest absolute Gasteiger partial charge is 0.328 e. The summed E-state index contributed by atoms with van der Waals surface area (Å²) in [6.45, 7) is 2.02. The maximum absolute atomic E-state index is 5.88. The van der Waals surface area contributed by atoms with Gasteiger partial charge in [-0.05, 0) is 54.6 Å². The molecule has 4 heteroatoms. The number of aryl methyl sites for hydroxylation is 1. The third-order valence-electron chi connectivity index (χ3n) is 2.90. The highest BCUT2D eigenvalue weighted by Crippen LogP contribution is 2.30. The second-order valence-electron chi connectivity index (χ2n) is 4.12. The molecule has 1 saturated carbocycles. The first-order chi connectivity index (χ1) is 6.66. The summed E-state index contributed by atoms with van der Waals surface area (Å²) < 4.78 is 3.19. The van der Waals surface area contributed by atoms with Crippen molar-refractivity contribution in [1.29, 1.82) is 0 Å². The van der Waals surface area contributed by atoms with E-state index in [4.69, 9.17) is 5.73 Å². The first-order valence-electron chi connectivity index (χ1n) is 5.14. The lowest BCUT2D eigenvalue weighted by Crippen LogP contribution is -2.28. The molecule has 3 nitrogen and oxygen atoms in total. The van der Waals surface area contributed by atoms with Crippen LogP contribution in [0.4, 0.5) is 0 Å². The fourth-order valence-electron chi connectivity index (χ4n) is 2.09. The summed E-state index contributed by atoms with van der Waals surface area (Å²) in [4.78, 5) is 0. The van der Waals surface area contributed by atoms with Gasteiger partial charge < -0.3 is 5.73 Å². The smallest absolute Gasteiger partial charge is 0.104 e. The number of halogens is 1. The molecule has 1 aliphatic rings. The number of nitrogens with zero attached hydrogens (tertiary/aromatic N) is 2. The molecule has 2 N–H and O–H groups in total. The second-order valence-corrected chi connectivity index (χ2v) is 4.93. The summed E-state index contributed by atoms with van der Waals surface area (Å²) in [5, 5.41) is 4.49. The van der Waals surface area contributed by atoms with Crippen molar-refractivity contribution in [3.05, 3.63) is 16.4 Å². The van der Waals surface area contributed by atoms with Crippen molar-refractivity contribution >= 4 is 15.9 Å². The van der Waals surface area contributed by atoms with E-state index in [-0.39, 0.29) is 0 Å². The fraction of sp³-hybridized carbons (Fsp3) is 0.700. The first kappa shape index (κ1) is 10.2. The molecule has 1 aromatic rings. The SMILES string of the molecule is Cc1cc(Br)n(C2CCC(N)CC2)n1. The molecule has 0 radical (unpaired) electrons. The third-order valence-corrected chi connectivity index (χ3v) is 3.49. The van der Waals surface area contributed by atoms with Crippen LogP contribution < -0.4 is 5.73 Å². The van der Waals surface area contributed by atoms with E-state index in [2.05, 4.69) is 31.8 Å². The number of aromatic nitrogens is 2. The van der Waals surface area contributed by atoms with Gasteiger partial charge >= 0.3 is 0 Å². The van der Waals surface area contributed by atoms with Crippen LogP contribution in [0.1, 0.15) is 37.4 Å². The number of hydrogen-bond donors (Lipinski definition) is 1. The Labute approximate surface area is 92.8 Å². The zero-order chi connectivity index (χ0) is 10.1. The summed E-state index contributed by atoms with van der Waals surface area (Å²) in [6.07, 6.45) is 4.55. The Morgan fingerprint density at radius 3 is 2.57 bits per heavy atom. The molecule has 1 aromatic heterocycles. The Balaban J connectivity index is 2.11. The lowest BCUT2D eigenvalue weighted by molar-refractivity contribution is 0.300. The minimum atomic E-state index is 0.404. The van der Waals surface area contributed by atoms with Crippen LogP contribution in [0.2, 0.25) is 0 Å². The lowest BCUT2D eigenvalue weighted by atomic mass is 9.92. The molecule has 1 heterocycles. The molecule has 0 atom stereocenters. The molecular weight excluding hydrogens is 242 g/mol. The summed E-state index contributed by atoms with van der Waals surface area (Å²) >= 11 is 3.54. The Kier molecular flexibility index (Phi) is 2.93. The van der Waals surface area contributed by atoms with Crippen molar-refractivity contribution in [2.75, 3.05) is 0 Å². The van der Waals surface area contributed by atoms with Crippen LogP contribution in [-0.2, 0) is 0 Å². The molecule has 0 aromatic carbocycles. The molecular formula is C10H16BrN3. The van der Waals surface area contributed by atoms with Gasteiger partial charge in [0.05, 0.1) is 11.7 Å². The molecule has 0 saturated heterocycles. The van der Waals surface area contributed by atoms with Gasteiger partial charge in [0.15, 0.2) is 0 Å². The normalized spacial score (nSPS) is 27.9. The van der Waals surface area contributed by atoms with E-state index in [0.29, 0.717) is 12.1 Å². The van der Waals surface area contributed by atoms with Crippen molar-refractivity contribution < 1.29 is 0 Å². The Bertz CT molecular complexity index is 313. The van der Waals surface area contributed by atoms with Gasteiger partial charge in [0.25, 0.3) is 0 Å². The minimum absolute atomic E-state index is 0.404. The topological polar surface area (TPSA) is 43.8 Å². The van der Waals surface area contributed by atoms with Gasteiger partial charge in [-0.2, -0.15) is 5.10 Å². The molecule has 1 aliphatic carbocycles. The van der Waals surface area contributed by atoms with E-state index in [1.54, 1.807) is 0 Å². The van der Waals surface area contributed by atoms with Gasteiger partial charge in [0, 0.05) is 6.04 Å². The monoisotopic (exact) mass is 257 g/mol. The van der Waals surface area contributed by atoms with E-state index >= 15 is 0 Å². The van der Waals surface area contributed by atoms with Gasteiger partial charge in [-0.25, -0.2) is 0 Å². The molecule has 14 heavy (non-hydrogen) atoms. The molecule has 0 spiro atoms. The molecule has 78 valence electrons. The Hall–Kier alpha value is -0.350. The predicted octanol–water partition coefficient (Wildman–Crippen LogP) is 2.40. The molecule has 1 fully saturated rings. The van der Waals surface area contributed by atoms with E-state index in [9.17, 15) is 0 Å².